The van der Waals surface area contributed by atoms with Gasteiger partial charge in [0.05, 0.1) is 10.5 Å². The Morgan fingerprint density at radius 3 is 2.58 bits per heavy atom. The second-order valence-corrected chi connectivity index (χ2v) is 10.6. The summed E-state index contributed by atoms with van der Waals surface area (Å²) in [5.41, 5.74) is 5.42. The minimum absolute atomic E-state index is 0.0570. The van der Waals surface area contributed by atoms with E-state index in [2.05, 4.69) is 16.2 Å². The fourth-order valence-electron chi connectivity index (χ4n) is 4.79. The molecule has 1 amide bonds. The Labute approximate surface area is 179 Å². The van der Waals surface area contributed by atoms with Crippen molar-refractivity contribution in [2.75, 3.05) is 19.6 Å². The summed E-state index contributed by atoms with van der Waals surface area (Å²) in [6.07, 6.45) is -1.09. The summed E-state index contributed by atoms with van der Waals surface area (Å²) in [5, 5.41) is 3.12. The van der Waals surface area contributed by atoms with E-state index < -0.39 is 21.8 Å². The highest BCUT2D eigenvalue weighted by Crippen LogP contribution is 2.32. The lowest BCUT2D eigenvalue weighted by Crippen LogP contribution is -2.48. The molecule has 1 saturated carbocycles. The van der Waals surface area contributed by atoms with E-state index >= 15 is 0 Å². The number of hydrazine groups is 1. The number of nitrogens with zero attached hydrogens (tertiary/aromatic N) is 1. The Morgan fingerprint density at radius 1 is 1.13 bits per heavy atom. The predicted molar refractivity (Wildman–Crippen MR) is 107 cm³/mol. The maximum Gasteiger partial charge on any atom is 0.416 e. The van der Waals surface area contributed by atoms with Crippen molar-refractivity contribution in [1.29, 1.82) is 0 Å². The summed E-state index contributed by atoms with van der Waals surface area (Å²) in [4.78, 5) is 12.3. The van der Waals surface area contributed by atoms with Crippen LogP contribution >= 0.6 is 0 Å². The number of fused-ring (bicyclic) bond motifs is 1. The maximum absolute atomic E-state index is 12.9. The lowest BCUT2D eigenvalue weighted by atomic mass is 9.82. The van der Waals surface area contributed by atoms with E-state index in [0.717, 1.165) is 37.9 Å². The van der Waals surface area contributed by atoms with Gasteiger partial charge in [-0.1, -0.05) is 6.07 Å². The van der Waals surface area contributed by atoms with Crippen molar-refractivity contribution in [2.45, 2.75) is 55.3 Å². The number of rotatable bonds is 4. The average molecular weight is 461 g/mol. The summed E-state index contributed by atoms with van der Waals surface area (Å²) in [6.45, 7) is 1.11. The van der Waals surface area contributed by atoms with Gasteiger partial charge in [-0.15, -0.1) is 0 Å². The monoisotopic (exact) mass is 460 g/mol. The number of hydrogen-bond donors (Lipinski definition) is 3. The van der Waals surface area contributed by atoms with E-state index in [1.54, 1.807) is 0 Å². The van der Waals surface area contributed by atoms with Gasteiger partial charge in [0.15, 0.2) is 0 Å². The van der Waals surface area contributed by atoms with Crippen molar-refractivity contribution in [2.24, 2.45) is 11.8 Å². The van der Waals surface area contributed by atoms with Crippen molar-refractivity contribution in [3.63, 3.8) is 0 Å². The van der Waals surface area contributed by atoms with Crippen LogP contribution in [0.3, 0.4) is 0 Å². The van der Waals surface area contributed by atoms with Gasteiger partial charge in [0, 0.05) is 37.6 Å². The topological polar surface area (TPSA) is 90.5 Å². The second kappa shape index (κ2) is 8.68. The van der Waals surface area contributed by atoms with Gasteiger partial charge in [-0.05, 0) is 56.2 Å². The molecule has 0 bridgehead atoms. The van der Waals surface area contributed by atoms with Crippen LogP contribution in [0, 0.1) is 11.8 Å². The number of alkyl halides is 3. The third-order valence-electron chi connectivity index (χ3n) is 6.60. The fraction of sp³-hybridized carbons (Fsp3) is 0.650. The van der Waals surface area contributed by atoms with Gasteiger partial charge in [0.2, 0.25) is 15.9 Å². The highest BCUT2D eigenvalue weighted by Gasteiger charge is 2.37. The number of nitrogens with one attached hydrogen (secondary N) is 3. The zero-order valence-corrected chi connectivity index (χ0v) is 17.8. The van der Waals surface area contributed by atoms with Crippen LogP contribution in [0.25, 0.3) is 0 Å². The number of piperidine rings is 1. The molecule has 2 heterocycles. The molecule has 4 rings (SSSR count). The molecule has 172 valence electrons. The van der Waals surface area contributed by atoms with Gasteiger partial charge in [0.25, 0.3) is 0 Å². The van der Waals surface area contributed by atoms with Crippen molar-refractivity contribution in [3.05, 3.63) is 29.8 Å². The molecule has 11 heteroatoms. The molecule has 3 atom stereocenters. The smallest absolute Gasteiger partial charge is 0.353 e. The van der Waals surface area contributed by atoms with Crippen LogP contribution in [0.5, 0.6) is 0 Å². The van der Waals surface area contributed by atoms with Gasteiger partial charge in [-0.3, -0.25) is 15.6 Å². The number of halogens is 3. The van der Waals surface area contributed by atoms with Crippen LogP contribution in [0.2, 0.25) is 0 Å². The summed E-state index contributed by atoms with van der Waals surface area (Å²) >= 11 is 0. The predicted octanol–water partition coefficient (Wildman–Crippen LogP) is 1.87. The number of amides is 1. The summed E-state index contributed by atoms with van der Waals surface area (Å²) in [7, 11) is -4.04. The number of carbonyl (C=O) groups is 1. The molecular formula is C20H27F3N4O3S. The molecule has 3 fully saturated rings. The maximum atomic E-state index is 12.9. The second-order valence-electron chi connectivity index (χ2n) is 8.61. The Kier molecular flexibility index (Phi) is 6.30. The van der Waals surface area contributed by atoms with Crippen LogP contribution in [0.4, 0.5) is 13.2 Å². The summed E-state index contributed by atoms with van der Waals surface area (Å²) in [5.74, 6) is 0.155. The lowest BCUT2D eigenvalue weighted by Gasteiger charge is -2.34. The third kappa shape index (κ3) is 4.89. The third-order valence-corrected chi connectivity index (χ3v) is 8.50. The minimum Gasteiger partial charge on any atom is -0.353 e. The SMILES string of the molecule is O=C(NC1CCC2NNCC2C1)C1CCN(S(=O)(=O)c2cccc(C(F)(F)F)c2)CC1. The molecule has 3 N–H and O–H groups in total. The molecule has 3 aliphatic rings. The van der Waals surface area contributed by atoms with E-state index in [1.165, 1.54) is 10.4 Å². The van der Waals surface area contributed by atoms with Crippen molar-refractivity contribution in [1.82, 2.24) is 20.5 Å². The lowest BCUT2D eigenvalue weighted by molar-refractivity contribution is -0.137. The first-order chi connectivity index (χ1) is 14.6. The van der Waals surface area contributed by atoms with Crippen LogP contribution < -0.4 is 16.2 Å². The van der Waals surface area contributed by atoms with Crippen LogP contribution in [-0.2, 0) is 21.0 Å². The average Bonchev–Trinajstić information content (AvgIpc) is 3.21. The Morgan fingerprint density at radius 2 is 1.87 bits per heavy atom. The number of hydrogen-bond acceptors (Lipinski definition) is 5. The summed E-state index contributed by atoms with van der Waals surface area (Å²) in [6, 6.07) is 4.37. The largest absolute Gasteiger partial charge is 0.416 e. The van der Waals surface area contributed by atoms with E-state index in [1.807, 2.05) is 0 Å². The molecule has 1 aliphatic carbocycles. The molecule has 0 radical (unpaired) electrons. The Balaban J connectivity index is 1.33. The molecule has 7 nitrogen and oxygen atoms in total. The van der Waals surface area contributed by atoms with E-state index in [4.69, 9.17) is 0 Å². The molecule has 1 aromatic carbocycles. The first-order valence-corrected chi connectivity index (χ1v) is 12.0. The molecule has 3 unspecified atom stereocenters. The van der Waals surface area contributed by atoms with Crippen molar-refractivity contribution < 1.29 is 26.4 Å². The highest BCUT2D eigenvalue weighted by molar-refractivity contribution is 7.89. The van der Waals surface area contributed by atoms with Crippen LogP contribution in [0.1, 0.15) is 37.7 Å². The van der Waals surface area contributed by atoms with E-state index in [-0.39, 0.29) is 35.9 Å². The summed E-state index contributed by atoms with van der Waals surface area (Å²) < 4.78 is 65.6. The number of carbonyl (C=O) groups excluding carboxylic acids is 1. The molecule has 1 aromatic rings. The Hall–Kier alpha value is -1.69. The zero-order valence-electron chi connectivity index (χ0n) is 17.0. The normalized spacial score (nSPS) is 28.3. The highest BCUT2D eigenvalue weighted by atomic mass is 32.2. The molecule has 31 heavy (non-hydrogen) atoms. The number of sulfonamides is 1. The molecule has 0 aromatic heterocycles. The Bertz CT molecular complexity index is 916. The van der Waals surface area contributed by atoms with Gasteiger partial charge in [-0.2, -0.15) is 17.5 Å². The zero-order chi connectivity index (χ0) is 22.2. The van der Waals surface area contributed by atoms with E-state index in [9.17, 15) is 26.4 Å². The first-order valence-electron chi connectivity index (χ1n) is 10.6. The minimum atomic E-state index is -4.61. The molecular weight excluding hydrogens is 433 g/mol. The molecule has 0 spiro atoms. The van der Waals surface area contributed by atoms with Gasteiger partial charge in [0.1, 0.15) is 0 Å². The first kappa shape index (κ1) is 22.5. The quantitative estimate of drug-likeness (QED) is 0.638. The number of benzene rings is 1. The van der Waals surface area contributed by atoms with Gasteiger partial charge >= 0.3 is 6.18 Å². The molecule has 2 saturated heterocycles. The van der Waals surface area contributed by atoms with Crippen molar-refractivity contribution >= 4 is 15.9 Å². The standard InChI is InChI=1S/C20H27F3N4O3S/c21-20(22,23)15-2-1-3-17(11-15)31(29,30)27-8-6-13(7-9-27)19(28)25-16-4-5-18-14(10-16)12-24-26-18/h1-3,11,13-14,16,18,24,26H,4-10,12H2,(H,25,28). The molecule has 2 aliphatic heterocycles. The van der Waals surface area contributed by atoms with Crippen LogP contribution in [-0.4, -0.2) is 50.3 Å². The fourth-order valence-corrected chi connectivity index (χ4v) is 6.31. The van der Waals surface area contributed by atoms with Gasteiger partial charge in [-0.25, -0.2) is 8.42 Å². The van der Waals surface area contributed by atoms with Crippen molar-refractivity contribution in [3.8, 4) is 0 Å². The van der Waals surface area contributed by atoms with E-state index in [0.29, 0.717) is 30.9 Å². The van der Waals surface area contributed by atoms with Gasteiger partial charge < -0.3 is 5.32 Å². The van der Waals surface area contributed by atoms with Crippen LogP contribution in [0.15, 0.2) is 29.2 Å².